The molecule has 0 aliphatic carbocycles. The molecule has 2 aromatic heterocycles. The second-order valence-electron chi connectivity index (χ2n) is 7.30. The summed E-state index contributed by atoms with van der Waals surface area (Å²) in [7, 11) is 0. The Morgan fingerprint density at radius 1 is 1.18 bits per heavy atom. The molecule has 0 spiro atoms. The number of nitrogens with one attached hydrogen (secondary N) is 1. The van der Waals surface area contributed by atoms with Crippen LogP contribution in [0.15, 0.2) is 18.3 Å². The van der Waals surface area contributed by atoms with Gasteiger partial charge in [-0.05, 0) is 38.0 Å². The maximum atomic E-state index is 9.54. The molecule has 4 rings (SSSR count). The molecule has 4 heterocycles. The molecule has 8 heteroatoms. The molecule has 2 fully saturated rings. The first-order chi connectivity index (χ1) is 13.6. The minimum absolute atomic E-state index is 0.217. The molecule has 2 aliphatic rings. The summed E-state index contributed by atoms with van der Waals surface area (Å²) in [5.74, 6) is 2.36. The number of hydrogen-bond donors (Lipinski definition) is 1. The number of nitrogens with zero attached hydrogens (tertiary/aromatic N) is 6. The van der Waals surface area contributed by atoms with Gasteiger partial charge in [0.25, 0.3) is 0 Å². The van der Waals surface area contributed by atoms with Crippen molar-refractivity contribution in [2.45, 2.75) is 26.3 Å². The second-order valence-corrected chi connectivity index (χ2v) is 7.30. The summed E-state index contributed by atoms with van der Waals surface area (Å²) in [4.78, 5) is 18.1. The molecule has 28 heavy (non-hydrogen) atoms. The Morgan fingerprint density at radius 3 is 2.79 bits per heavy atom. The number of aromatic nitrogens is 3. The first kappa shape index (κ1) is 18.4. The molecule has 0 amide bonds. The average molecular weight is 379 g/mol. The molecule has 8 nitrogen and oxygen atoms in total. The number of aryl methyl sites for hydroxylation is 2. The highest BCUT2D eigenvalue weighted by Gasteiger charge is 2.27. The highest BCUT2D eigenvalue weighted by molar-refractivity contribution is 5.59. The van der Waals surface area contributed by atoms with Crippen molar-refractivity contribution in [3.63, 3.8) is 0 Å². The van der Waals surface area contributed by atoms with Crippen LogP contribution in [0.5, 0.6) is 0 Å². The number of ether oxygens (including phenoxy) is 1. The second kappa shape index (κ2) is 7.98. The van der Waals surface area contributed by atoms with E-state index in [9.17, 15) is 5.26 Å². The van der Waals surface area contributed by atoms with Gasteiger partial charge in [0.2, 0.25) is 5.95 Å². The molecular weight excluding hydrogens is 354 g/mol. The number of rotatable bonds is 4. The van der Waals surface area contributed by atoms with E-state index in [1.54, 1.807) is 6.20 Å². The summed E-state index contributed by atoms with van der Waals surface area (Å²) in [5.41, 5.74) is 2.57. The first-order valence-corrected chi connectivity index (χ1v) is 9.69. The molecule has 2 aromatic rings. The summed E-state index contributed by atoms with van der Waals surface area (Å²) in [6.07, 6.45) is 2.75. The normalized spacial score (nSPS) is 19.5. The van der Waals surface area contributed by atoms with Crippen LogP contribution < -0.4 is 15.1 Å². The van der Waals surface area contributed by atoms with Gasteiger partial charge in [0.05, 0.1) is 18.8 Å². The summed E-state index contributed by atoms with van der Waals surface area (Å²) >= 11 is 0. The van der Waals surface area contributed by atoms with Crippen molar-refractivity contribution in [2.75, 3.05) is 54.5 Å². The summed E-state index contributed by atoms with van der Waals surface area (Å²) < 4.78 is 5.41. The molecular formula is C20H25N7O. The highest BCUT2D eigenvalue weighted by Crippen LogP contribution is 2.26. The van der Waals surface area contributed by atoms with E-state index < -0.39 is 0 Å². The third-order valence-electron chi connectivity index (χ3n) is 5.23. The van der Waals surface area contributed by atoms with Gasteiger partial charge in [-0.3, -0.25) is 0 Å². The van der Waals surface area contributed by atoms with Gasteiger partial charge in [-0.1, -0.05) is 0 Å². The van der Waals surface area contributed by atoms with Crippen molar-refractivity contribution >= 4 is 17.6 Å². The van der Waals surface area contributed by atoms with Crippen LogP contribution >= 0.6 is 0 Å². The van der Waals surface area contributed by atoms with Crippen molar-refractivity contribution in [2.24, 2.45) is 0 Å². The quantitative estimate of drug-likeness (QED) is 0.861. The van der Waals surface area contributed by atoms with Crippen LogP contribution in [-0.2, 0) is 4.74 Å². The zero-order valence-electron chi connectivity index (χ0n) is 16.4. The molecule has 146 valence electrons. The lowest BCUT2D eigenvalue weighted by atomic mass is 10.1. The zero-order chi connectivity index (χ0) is 19.5. The highest BCUT2D eigenvalue weighted by atomic mass is 16.5. The van der Waals surface area contributed by atoms with E-state index in [-0.39, 0.29) is 6.04 Å². The topological polar surface area (TPSA) is 90.2 Å². The maximum absolute atomic E-state index is 9.54. The standard InChI is InChI=1S/C20H25N7O/c1-14-11-15(2)23-19(17(14)12-21)27-6-4-16(13-27)24-20-22-5-3-18(25-20)26-7-9-28-10-8-26/h3,5,11,16H,4,6-10,13H2,1-2H3,(H,22,24,25). The van der Waals surface area contributed by atoms with Crippen molar-refractivity contribution in [1.29, 1.82) is 5.26 Å². The Balaban J connectivity index is 1.45. The van der Waals surface area contributed by atoms with E-state index in [2.05, 4.69) is 36.1 Å². The van der Waals surface area contributed by atoms with Crippen molar-refractivity contribution in [3.8, 4) is 6.07 Å². The van der Waals surface area contributed by atoms with E-state index in [0.29, 0.717) is 11.5 Å². The molecule has 2 saturated heterocycles. The number of hydrogen-bond acceptors (Lipinski definition) is 8. The van der Waals surface area contributed by atoms with Gasteiger partial charge in [0, 0.05) is 44.1 Å². The van der Waals surface area contributed by atoms with Gasteiger partial charge in [0.1, 0.15) is 17.7 Å². The summed E-state index contributed by atoms with van der Waals surface area (Å²) in [5, 5.41) is 13.0. The van der Waals surface area contributed by atoms with Crippen LogP contribution in [0.3, 0.4) is 0 Å². The van der Waals surface area contributed by atoms with Crippen LogP contribution in [0, 0.1) is 25.2 Å². The first-order valence-electron chi connectivity index (χ1n) is 9.69. The molecule has 1 N–H and O–H groups in total. The lowest BCUT2D eigenvalue weighted by molar-refractivity contribution is 0.122. The van der Waals surface area contributed by atoms with Crippen LogP contribution in [0.1, 0.15) is 23.2 Å². The fraction of sp³-hybridized carbons (Fsp3) is 0.500. The van der Waals surface area contributed by atoms with Crippen molar-refractivity contribution < 1.29 is 4.74 Å². The van der Waals surface area contributed by atoms with Gasteiger partial charge in [-0.2, -0.15) is 10.2 Å². The Labute approximate surface area is 165 Å². The smallest absolute Gasteiger partial charge is 0.224 e. The molecule has 0 radical (unpaired) electrons. The average Bonchev–Trinajstić information content (AvgIpc) is 3.17. The molecule has 0 saturated carbocycles. The summed E-state index contributed by atoms with van der Waals surface area (Å²) in [6, 6.07) is 6.43. The Hall–Kier alpha value is -2.92. The van der Waals surface area contributed by atoms with E-state index >= 15 is 0 Å². The minimum Gasteiger partial charge on any atom is -0.378 e. The van der Waals surface area contributed by atoms with E-state index in [4.69, 9.17) is 4.74 Å². The lowest BCUT2D eigenvalue weighted by Gasteiger charge is -2.28. The maximum Gasteiger partial charge on any atom is 0.224 e. The van der Waals surface area contributed by atoms with Gasteiger partial charge in [-0.25, -0.2) is 9.97 Å². The van der Waals surface area contributed by atoms with Crippen molar-refractivity contribution in [3.05, 3.63) is 35.2 Å². The monoisotopic (exact) mass is 379 g/mol. The summed E-state index contributed by atoms with van der Waals surface area (Å²) in [6.45, 7) is 8.72. The van der Waals surface area contributed by atoms with Gasteiger partial charge < -0.3 is 19.9 Å². The predicted molar refractivity (Wildman–Crippen MR) is 108 cm³/mol. The van der Waals surface area contributed by atoms with Crippen LogP contribution in [0.2, 0.25) is 0 Å². The van der Waals surface area contributed by atoms with Gasteiger partial charge >= 0.3 is 0 Å². The number of anilines is 3. The Bertz CT molecular complexity index is 889. The lowest BCUT2D eigenvalue weighted by Crippen LogP contribution is -2.37. The van der Waals surface area contributed by atoms with E-state index in [0.717, 1.165) is 68.7 Å². The molecule has 0 bridgehead atoms. The van der Waals surface area contributed by atoms with Gasteiger partial charge in [0.15, 0.2) is 0 Å². The molecule has 2 aliphatic heterocycles. The van der Waals surface area contributed by atoms with Crippen LogP contribution in [0.25, 0.3) is 0 Å². The fourth-order valence-corrected chi connectivity index (χ4v) is 3.82. The third kappa shape index (κ3) is 3.85. The number of pyridine rings is 1. The van der Waals surface area contributed by atoms with Crippen LogP contribution in [-0.4, -0.2) is 60.4 Å². The predicted octanol–water partition coefficient (Wildman–Crippen LogP) is 1.89. The number of morpholine rings is 1. The SMILES string of the molecule is Cc1cc(C)c(C#N)c(N2CCC(Nc3nccc(N4CCOCC4)n3)C2)n1. The van der Waals surface area contributed by atoms with Crippen LogP contribution in [0.4, 0.5) is 17.6 Å². The van der Waals surface area contributed by atoms with Gasteiger partial charge in [-0.15, -0.1) is 0 Å². The molecule has 0 aromatic carbocycles. The Morgan fingerprint density at radius 2 is 2.00 bits per heavy atom. The fourth-order valence-electron chi connectivity index (χ4n) is 3.82. The van der Waals surface area contributed by atoms with E-state index in [1.807, 2.05) is 26.0 Å². The Kier molecular flexibility index (Phi) is 5.26. The number of nitriles is 1. The zero-order valence-corrected chi connectivity index (χ0v) is 16.4. The minimum atomic E-state index is 0.217. The molecule has 1 atom stereocenters. The van der Waals surface area contributed by atoms with Crippen molar-refractivity contribution in [1.82, 2.24) is 15.0 Å². The van der Waals surface area contributed by atoms with E-state index in [1.165, 1.54) is 0 Å². The largest absolute Gasteiger partial charge is 0.378 e. The third-order valence-corrected chi connectivity index (χ3v) is 5.23. The molecule has 1 unspecified atom stereocenters.